The summed E-state index contributed by atoms with van der Waals surface area (Å²) in [5.74, 6) is 5.25. The van der Waals surface area contributed by atoms with Gasteiger partial charge in [-0.3, -0.25) is 0 Å². The summed E-state index contributed by atoms with van der Waals surface area (Å²) in [5, 5.41) is 0. The van der Waals surface area contributed by atoms with Crippen LogP contribution in [0.1, 0.15) is 12.5 Å². The molecule has 0 heterocycles. The molecule has 1 nitrogen and oxygen atoms in total. The Bertz CT molecular complexity index is 320. The van der Waals surface area contributed by atoms with Crippen LogP contribution in [0.15, 0.2) is 24.3 Å². The van der Waals surface area contributed by atoms with Crippen molar-refractivity contribution in [3.05, 3.63) is 35.6 Å². The molecule has 1 atom stereocenters. The number of rotatable bonds is 0. The van der Waals surface area contributed by atoms with Crippen molar-refractivity contribution in [1.82, 2.24) is 0 Å². The maximum Gasteiger partial charge on any atom is 0.124 e. The monoisotopic (exact) mass is 163 g/mol. The largest absolute Gasteiger partial charge is 0.318 e. The molecule has 0 spiro atoms. The standard InChI is InChI=1S/C10H10FN/c1-8(12)5-6-9-3-2-4-10(11)7-9/h2-4,7-8H,12H2,1H3/t8-/m0/s1. The molecule has 2 heteroatoms. The second-order valence-corrected chi connectivity index (χ2v) is 2.57. The Morgan fingerprint density at radius 3 is 2.83 bits per heavy atom. The van der Waals surface area contributed by atoms with Crippen molar-refractivity contribution in [2.24, 2.45) is 5.73 Å². The fourth-order valence-electron chi connectivity index (χ4n) is 0.763. The van der Waals surface area contributed by atoms with Crippen LogP contribution in [0.25, 0.3) is 0 Å². The minimum atomic E-state index is -0.272. The summed E-state index contributed by atoms with van der Waals surface area (Å²) in [6.45, 7) is 1.78. The Labute approximate surface area is 71.4 Å². The van der Waals surface area contributed by atoms with Gasteiger partial charge in [0, 0.05) is 5.56 Å². The van der Waals surface area contributed by atoms with Crippen molar-refractivity contribution in [3.63, 3.8) is 0 Å². The average molecular weight is 163 g/mol. The summed E-state index contributed by atoms with van der Waals surface area (Å²) in [5.41, 5.74) is 6.07. The summed E-state index contributed by atoms with van der Waals surface area (Å²) in [7, 11) is 0. The van der Waals surface area contributed by atoms with Gasteiger partial charge in [0.05, 0.1) is 6.04 Å². The molecule has 0 aliphatic heterocycles. The van der Waals surface area contributed by atoms with E-state index < -0.39 is 0 Å². The Balaban J connectivity index is 2.85. The molecule has 62 valence electrons. The number of hydrogen-bond donors (Lipinski definition) is 1. The lowest BCUT2D eigenvalue weighted by molar-refractivity contribution is 0.627. The molecule has 1 aromatic rings. The average Bonchev–Trinajstić information content (AvgIpc) is 2.01. The van der Waals surface area contributed by atoms with Crippen molar-refractivity contribution < 1.29 is 4.39 Å². The van der Waals surface area contributed by atoms with Gasteiger partial charge in [0.2, 0.25) is 0 Å². The summed E-state index contributed by atoms with van der Waals surface area (Å²) in [6.07, 6.45) is 0. The Kier molecular flexibility index (Phi) is 2.84. The Morgan fingerprint density at radius 2 is 2.25 bits per heavy atom. The van der Waals surface area contributed by atoms with E-state index in [9.17, 15) is 4.39 Å². The fourth-order valence-corrected chi connectivity index (χ4v) is 0.763. The van der Waals surface area contributed by atoms with Gasteiger partial charge in [0.15, 0.2) is 0 Å². The lowest BCUT2D eigenvalue weighted by Gasteiger charge is -1.91. The molecule has 0 saturated heterocycles. The van der Waals surface area contributed by atoms with Crippen molar-refractivity contribution >= 4 is 0 Å². The Morgan fingerprint density at radius 1 is 1.50 bits per heavy atom. The topological polar surface area (TPSA) is 26.0 Å². The van der Waals surface area contributed by atoms with Crippen LogP contribution in [-0.4, -0.2) is 6.04 Å². The van der Waals surface area contributed by atoms with Gasteiger partial charge in [-0.2, -0.15) is 0 Å². The molecule has 12 heavy (non-hydrogen) atoms. The van der Waals surface area contributed by atoms with Gasteiger partial charge < -0.3 is 5.73 Å². The van der Waals surface area contributed by atoms with Gasteiger partial charge in [-0.15, -0.1) is 0 Å². The third-order valence-corrected chi connectivity index (χ3v) is 1.27. The molecular weight excluding hydrogens is 153 g/mol. The minimum Gasteiger partial charge on any atom is -0.318 e. The van der Waals surface area contributed by atoms with E-state index in [-0.39, 0.29) is 11.9 Å². The highest BCUT2D eigenvalue weighted by Gasteiger charge is 1.89. The van der Waals surface area contributed by atoms with E-state index in [2.05, 4.69) is 11.8 Å². The Hall–Kier alpha value is -1.33. The van der Waals surface area contributed by atoms with E-state index in [4.69, 9.17) is 5.73 Å². The zero-order valence-corrected chi connectivity index (χ0v) is 6.84. The highest BCUT2D eigenvalue weighted by Crippen LogP contribution is 2.00. The predicted octanol–water partition coefficient (Wildman–Crippen LogP) is 1.52. The van der Waals surface area contributed by atoms with Crippen molar-refractivity contribution in [2.45, 2.75) is 13.0 Å². The third kappa shape index (κ3) is 2.73. The summed E-state index contributed by atoms with van der Waals surface area (Å²) >= 11 is 0. The molecule has 1 rings (SSSR count). The molecule has 2 N–H and O–H groups in total. The number of halogens is 1. The predicted molar refractivity (Wildman–Crippen MR) is 46.9 cm³/mol. The number of hydrogen-bond acceptors (Lipinski definition) is 1. The molecule has 0 aromatic heterocycles. The highest BCUT2D eigenvalue weighted by molar-refractivity contribution is 5.34. The van der Waals surface area contributed by atoms with Crippen LogP contribution >= 0.6 is 0 Å². The summed E-state index contributed by atoms with van der Waals surface area (Å²) < 4.78 is 12.6. The van der Waals surface area contributed by atoms with E-state index >= 15 is 0 Å². The van der Waals surface area contributed by atoms with Gasteiger partial charge in [-0.1, -0.05) is 17.9 Å². The van der Waals surface area contributed by atoms with E-state index in [0.29, 0.717) is 5.56 Å². The quantitative estimate of drug-likeness (QED) is 0.576. The third-order valence-electron chi connectivity index (χ3n) is 1.27. The zero-order valence-electron chi connectivity index (χ0n) is 6.84. The maximum atomic E-state index is 12.6. The van der Waals surface area contributed by atoms with Crippen LogP contribution in [0.4, 0.5) is 4.39 Å². The molecule has 0 amide bonds. The maximum absolute atomic E-state index is 12.6. The first-order valence-corrected chi connectivity index (χ1v) is 3.71. The fraction of sp³-hybridized carbons (Fsp3) is 0.200. The molecule has 0 aliphatic rings. The second kappa shape index (κ2) is 3.89. The van der Waals surface area contributed by atoms with E-state index in [1.54, 1.807) is 19.1 Å². The lowest BCUT2D eigenvalue weighted by atomic mass is 10.2. The molecule has 0 bridgehead atoms. The zero-order chi connectivity index (χ0) is 8.97. The summed E-state index contributed by atoms with van der Waals surface area (Å²) in [6, 6.07) is 5.97. The van der Waals surface area contributed by atoms with Crippen LogP contribution in [0.2, 0.25) is 0 Å². The van der Waals surface area contributed by atoms with E-state index in [0.717, 1.165) is 0 Å². The van der Waals surface area contributed by atoms with Crippen LogP contribution < -0.4 is 5.73 Å². The van der Waals surface area contributed by atoms with Gasteiger partial charge in [0.1, 0.15) is 5.82 Å². The van der Waals surface area contributed by atoms with Gasteiger partial charge in [-0.05, 0) is 25.1 Å². The van der Waals surface area contributed by atoms with Crippen LogP contribution in [-0.2, 0) is 0 Å². The molecule has 1 aromatic carbocycles. The number of benzene rings is 1. The minimum absolute atomic E-state index is 0.173. The second-order valence-electron chi connectivity index (χ2n) is 2.57. The smallest absolute Gasteiger partial charge is 0.124 e. The van der Waals surface area contributed by atoms with Gasteiger partial charge >= 0.3 is 0 Å². The summed E-state index contributed by atoms with van der Waals surface area (Å²) in [4.78, 5) is 0. The van der Waals surface area contributed by atoms with Crippen molar-refractivity contribution in [3.8, 4) is 11.8 Å². The van der Waals surface area contributed by atoms with E-state index in [1.807, 2.05) is 0 Å². The first kappa shape index (κ1) is 8.76. The number of nitrogens with two attached hydrogens (primary N) is 1. The molecule has 0 fully saturated rings. The van der Waals surface area contributed by atoms with E-state index in [1.165, 1.54) is 12.1 Å². The molecule has 0 radical (unpaired) electrons. The van der Waals surface area contributed by atoms with Gasteiger partial charge in [-0.25, -0.2) is 4.39 Å². The first-order valence-electron chi connectivity index (χ1n) is 3.71. The molecular formula is C10H10FN. The normalized spacial score (nSPS) is 11.6. The molecule has 0 saturated carbocycles. The van der Waals surface area contributed by atoms with Crippen molar-refractivity contribution in [1.29, 1.82) is 0 Å². The first-order chi connectivity index (χ1) is 5.68. The van der Waals surface area contributed by atoms with Crippen LogP contribution in [0.3, 0.4) is 0 Å². The van der Waals surface area contributed by atoms with Crippen molar-refractivity contribution in [2.75, 3.05) is 0 Å². The highest BCUT2D eigenvalue weighted by atomic mass is 19.1. The lowest BCUT2D eigenvalue weighted by Crippen LogP contribution is -2.10. The molecule has 0 aliphatic carbocycles. The van der Waals surface area contributed by atoms with Crippen LogP contribution in [0.5, 0.6) is 0 Å². The van der Waals surface area contributed by atoms with Crippen LogP contribution in [0, 0.1) is 17.7 Å². The SMILES string of the molecule is C[C@H](N)C#Cc1cccc(F)c1. The van der Waals surface area contributed by atoms with Gasteiger partial charge in [0.25, 0.3) is 0 Å². The molecule has 0 unspecified atom stereocenters.